The lowest BCUT2D eigenvalue weighted by Gasteiger charge is -2.38. The first-order valence-electron chi connectivity index (χ1n) is 15.1. The van der Waals surface area contributed by atoms with Crippen LogP contribution in [0.2, 0.25) is 0 Å². The fraction of sp³-hybridized carbons (Fsp3) is 0.793. The zero-order chi connectivity index (χ0) is 31.9. The molecule has 0 spiro atoms. The molecule has 14 nitrogen and oxygen atoms in total. The molecule has 0 radical (unpaired) electrons. The molecule has 14 heteroatoms. The molecule has 1 heterocycles. The summed E-state index contributed by atoms with van der Waals surface area (Å²) in [7, 11) is 2.28. The van der Waals surface area contributed by atoms with Gasteiger partial charge in [0, 0.05) is 6.54 Å². The monoisotopic (exact) mass is 609 g/mol. The molecule has 1 saturated heterocycles. The molecule has 43 heavy (non-hydrogen) atoms. The normalized spacial score (nSPS) is 24.1. The number of carbonyl (C=O) groups is 6. The van der Waals surface area contributed by atoms with E-state index in [-0.39, 0.29) is 24.3 Å². The van der Waals surface area contributed by atoms with E-state index in [1.807, 2.05) is 0 Å². The van der Waals surface area contributed by atoms with Crippen LogP contribution in [0.3, 0.4) is 0 Å². The topological polar surface area (TPSA) is 192 Å². The second-order valence-electron chi connectivity index (χ2n) is 12.9. The van der Waals surface area contributed by atoms with E-state index in [1.54, 1.807) is 20.8 Å². The van der Waals surface area contributed by atoms with Crippen molar-refractivity contribution in [3.8, 4) is 0 Å². The van der Waals surface area contributed by atoms with E-state index < -0.39 is 65.5 Å². The molecule has 3 fully saturated rings. The number of amides is 5. The zero-order valence-corrected chi connectivity index (χ0v) is 25.8. The van der Waals surface area contributed by atoms with Gasteiger partial charge in [-0.25, -0.2) is 14.4 Å². The molecule has 0 aromatic carbocycles. The summed E-state index contributed by atoms with van der Waals surface area (Å²) in [5.41, 5.74) is -0.770. The van der Waals surface area contributed by atoms with Crippen LogP contribution in [0.5, 0.6) is 0 Å². The highest BCUT2D eigenvalue weighted by molar-refractivity contribution is 5.95. The minimum atomic E-state index is -1.29. The highest BCUT2D eigenvalue weighted by Gasteiger charge is 2.52. The van der Waals surface area contributed by atoms with E-state index in [0.29, 0.717) is 19.4 Å². The molecule has 3 aliphatic rings. The van der Waals surface area contributed by atoms with Crippen LogP contribution in [0.15, 0.2) is 0 Å². The predicted octanol–water partition coefficient (Wildman–Crippen LogP) is 1.37. The maximum absolute atomic E-state index is 14.0. The summed E-state index contributed by atoms with van der Waals surface area (Å²) in [5.74, 6) is -3.03. The van der Waals surface area contributed by atoms with E-state index >= 15 is 0 Å². The van der Waals surface area contributed by atoms with Gasteiger partial charge in [-0.3, -0.25) is 14.4 Å². The molecule has 0 bridgehead atoms. The van der Waals surface area contributed by atoms with Crippen LogP contribution in [0, 0.1) is 23.2 Å². The number of carboxylic acid groups (broad SMARTS) is 1. The fourth-order valence-electron chi connectivity index (χ4n) is 6.68. The number of likely N-dealkylation sites (tertiary alicyclic amines) is 1. The first-order chi connectivity index (χ1) is 20.3. The smallest absolute Gasteiger partial charge is 0.407 e. The number of nitrogens with zero attached hydrogens (tertiary/aromatic N) is 1. The van der Waals surface area contributed by atoms with Crippen molar-refractivity contribution in [2.75, 3.05) is 27.3 Å². The van der Waals surface area contributed by atoms with E-state index in [1.165, 1.54) is 4.90 Å². The summed E-state index contributed by atoms with van der Waals surface area (Å²) in [6, 6.07) is -4.32. The minimum Gasteiger partial charge on any atom is -0.480 e. The largest absolute Gasteiger partial charge is 0.480 e. The number of hydrogen-bond acceptors (Lipinski definition) is 8. The third kappa shape index (κ3) is 8.50. The van der Waals surface area contributed by atoms with E-state index in [4.69, 9.17) is 0 Å². The number of hydrogen-bond donors (Lipinski definition) is 5. The van der Waals surface area contributed by atoms with Crippen LogP contribution >= 0.6 is 0 Å². The fourth-order valence-corrected chi connectivity index (χ4v) is 6.68. The Morgan fingerprint density at radius 2 is 1.49 bits per heavy atom. The van der Waals surface area contributed by atoms with Crippen LogP contribution in [0.25, 0.3) is 0 Å². The highest BCUT2D eigenvalue weighted by atomic mass is 16.5. The first kappa shape index (κ1) is 33.9. The van der Waals surface area contributed by atoms with Crippen LogP contribution in [0.1, 0.15) is 72.1 Å². The lowest BCUT2D eigenvalue weighted by molar-refractivity contribution is -0.152. The standard InChI is InChI=1S/C29H47N5O9/c1-29(2,3)22(25(37)34-15-17-12-9-13-18(17)21(34)26(38)39)33-24(36)20(16-10-7-6-8-11-16)32-23(35)19(31-28(41)43-5)14-30-27(40)42-4/h16-22H,6-15H2,1-5H3,(H,30,40)(H,31,41)(H,32,35)(H,33,36)(H,38,39)/t17?,18-,19-,20-,21-,22+/m0/s1. The Labute approximate surface area is 252 Å². The minimum absolute atomic E-state index is 0.107. The Morgan fingerprint density at radius 3 is 2.07 bits per heavy atom. The van der Waals surface area contributed by atoms with Crippen molar-refractivity contribution in [2.24, 2.45) is 23.2 Å². The van der Waals surface area contributed by atoms with Gasteiger partial charge < -0.3 is 40.7 Å². The maximum Gasteiger partial charge on any atom is 0.407 e. The summed E-state index contributed by atoms with van der Waals surface area (Å²) in [5, 5.41) is 20.4. The van der Waals surface area contributed by atoms with Gasteiger partial charge in [0.2, 0.25) is 17.7 Å². The molecular weight excluding hydrogens is 562 g/mol. The van der Waals surface area contributed by atoms with Crippen LogP contribution in [-0.4, -0.2) is 97.4 Å². The molecule has 3 rings (SSSR count). The highest BCUT2D eigenvalue weighted by Crippen LogP contribution is 2.43. The summed E-state index contributed by atoms with van der Waals surface area (Å²) in [6.45, 7) is 5.39. The molecule has 2 aliphatic carbocycles. The van der Waals surface area contributed by atoms with E-state index in [9.17, 15) is 33.9 Å². The van der Waals surface area contributed by atoms with Crippen molar-refractivity contribution in [3.05, 3.63) is 0 Å². The molecule has 2 saturated carbocycles. The Kier molecular flexibility index (Phi) is 11.6. The van der Waals surface area contributed by atoms with Gasteiger partial charge in [0.05, 0.1) is 20.8 Å². The number of aliphatic carboxylic acids is 1. The van der Waals surface area contributed by atoms with E-state index in [2.05, 4.69) is 30.7 Å². The first-order valence-corrected chi connectivity index (χ1v) is 15.1. The number of carboxylic acids is 1. The average molecular weight is 610 g/mol. The summed E-state index contributed by atoms with van der Waals surface area (Å²) in [4.78, 5) is 78.6. The molecule has 0 aromatic heterocycles. The number of ether oxygens (including phenoxy) is 2. The molecule has 0 aromatic rings. The third-order valence-corrected chi connectivity index (χ3v) is 8.96. The van der Waals surface area contributed by atoms with Crippen LogP contribution in [-0.2, 0) is 28.7 Å². The number of fused-ring (bicyclic) bond motifs is 1. The van der Waals surface area contributed by atoms with Crippen LogP contribution in [0.4, 0.5) is 9.59 Å². The van der Waals surface area contributed by atoms with Crippen molar-refractivity contribution >= 4 is 35.9 Å². The van der Waals surface area contributed by atoms with Gasteiger partial charge in [0.25, 0.3) is 0 Å². The third-order valence-electron chi connectivity index (χ3n) is 8.96. The van der Waals surface area contributed by atoms with Gasteiger partial charge in [-0.2, -0.15) is 0 Å². The number of carbonyl (C=O) groups excluding carboxylic acids is 5. The van der Waals surface area contributed by atoms with Crippen LogP contribution < -0.4 is 21.3 Å². The second-order valence-corrected chi connectivity index (χ2v) is 12.9. The maximum atomic E-state index is 14.0. The zero-order valence-electron chi connectivity index (χ0n) is 25.8. The quantitative estimate of drug-likeness (QED) is 0.243. The van der Waals surface area contributed by atoms with Crippen molar-refractivity contribution in [1.82, 2.24) is 26.2 Å². The Balaban J connectivity index is 1.84. The van der Waals surface area contributed by atoms with Gasteiger partial charge in [0.15, 0.2) is 0 Å². The number of alkyl carbamates (subject to hydrolysis) is 2. The van der Waals surface area contributed by atoms with Gasteiger partial charge >= 0.3 is 18.2 Å². The summed E-state index contributed by atoms with van der Waals surface area (Å²) >= 11 is 0. The Hall–Kier alpha value is -3.58. The van der Waals surface area contributed by atoms with Gasteiger partial charge in [0.1, 0.15) is 24.2 Å². The number of rotatable bonds is 10. The van der Waals surface area contributed by atoms with Crippen molar-refractivity contribution < 1.29 is 43.3 Å². The van der Waals surface area contributed by atoms with Crippen molar-refractivity contribution in [3.63, 3.8) is 0 Å². The lowest BCUT2D eigenvalue weighted by Crippen LogP contribution is -2.63. The van der Waals surface area contributed by atoms with E-state index in [0.717, 1.165) is 52.7 Å². The van der Waals surface area contributed by atoms with Gasteiger partial charge in [-0.15, -0.1) is 0 Å². The summed E-state index contributed by atoms with van der Waals surface area (Å²) in [6.07, 6.45) is 4.86. The summed E-state index contributed by atoms with van der Waals surface area (Å²) < 4.78 is 9.16. The molecular formula is C29H47N5O9. The number of methoxy groups -OCH3 is 2. The molecule has 242 valence electrons. The lowest BCUT2D eigenvalue weighted by atomic mass is 9.82. The average Bonchev–Trinajstić information content (AvgIpc) is 3.57. The Bertz CT molecular complexity index is 1060. The number of nitrogens with one attached hydrogen (secondary N) is 4. The molecule has 5 amide bonds. The second kappa shape index (κ2) is 14.7. The molecule has 1 unspecified atom stereocenters. The van der Waals surface area contributed by atoms with Gasteiger partial charge in [-0.05, 0) is 48.9 Å². The predicted molar refractivity (Wildman–Crippen MR) is 154 cm³/mol. The van der Waals surface area contributed by atoms with Gasteiger partial charge in [-0.1, -0.05) is 46.5 Å². The molecule has 5 N–H and O–H groups in total. The van der Waals surface area contributed by atoms with Crippen molar-refractivity contribution in [2.45, 2.75) is 96.3 Å². The molecule has 6 atom stereocenters. The molecule has 1 aliphatic heterocycles. The Morgan fingerprint density at radius 1 is 0.837 bits per heavy atom. The SMILES string of the molecule is COC(=O)NC[C@H](NC(=O)OC)C(=O)N[C@H](C(=O)N[C@H](C(=O)N1CC2CCC[C@@H]2[C@H]1C(=O)O)C(C)(C)C)C1CCCCC1. The van der Waals surface area contributed by atoms with Crippen molar-refractivity contribution in [1.29, 1.82) is 0 Å².